The van der Waals surface area contributed by atoms with Crippen molar-refractivity contribution in [3.05, 3.63) is 52.2 Å². The highest BCUT2D eigenvalue weighted by molar-refractivity contribution is 7.12. The van der Waals surface area contributed by atoms with E-state index in [1.807, 2.05) is 48.7 Å². The molecule has 1 aliphatic heterocycles. The number of aryl methyl sites for hydroxylation is 1. The Morgan fingerprint density at radius 3 is 2.66 bits per heavy atom. The summed E-state index contributed by atoms with van der Waals surface area (Å²) >= 11 is 1.87. The SMILES string of the molecule is CN=C(NCCCOc1ccccc1)NCC(c1ccc(C)s1)N1CCOCC1. The smallest absolute Gasteiger partial charge is 0.191 e. The lowest BCUT2D eigenvalue weighted by Gasteiger charge is -2.34. The molecule has 0 saturated carbocycles. The van der Waals surface area contributed by atoms with Gasteiger partial charge < -0.3 is 20.1 Å². The number of rotatable bonds is 9. The quantitative estimate of drug-likeness (QED) is 0.374. The van der Waals surface area contributed by atoms with Gasteiger partial charge in [-0.15, -0.1) is 11.3 Å². The molecule has 158 valence electrons. The number of nitrogens with zero attached hydrogens (tertiary/aromatic N) is 2. The highest BCUT2D eigenvalue weighted by Gasteiger charge is 2.24. The molecule has 1 unspecified atom stereocenters. The number of thiophene rings is 1. The Morgan fingerprint density at radius 2 is 1.97 bits per heavy atom. The predicted molar refractivity (Wildman–Crippen MR) is 120 cm³/mol. The van der Waals surface area contributed by atoms with Crippen LogP contribution in [0.2, 0.25) is 0 Å². The van der Waals surface area contributed by atoms with Crippen LogP contribution in [0.3, 0.4) is 0 Å². The molecule has 0 spiro atoms. The number of hydrogen-bond donors (Lipinski definition) is 2. The van der Waals surface area contributed by atoms with E-state index in [0.717, 1.165) is 57.5 Å². The predicted octanol–water partition coefficient (Wildman–Crippen LogP) is 3.06. The van der Waals surface area contributed by atoms with E-state index >= 15 is 0 Å². The van der Waals surface area contributed by atoms with Gasteiger partial charge in [-0.2, -0.15) is 0 Å². The second-order valence-corrected chi connectivity index (χ2v) is 8.33. The van der Waals surface area contributed by atoms with Crippen molar-refractivity contribution in [2.75, 3.05) is 53.0 Å². The van der Waals surface area contributed by atoms with Gasteiger partial charge >= 0.3 is 0 Å². The van der Waals surface area contributed by atoms with Crippen molar-refractivity contribution in [1.29, 1.82) is 0 Å². The first-order chi connectivity index (χ1) is 14.3. The molecule has 0 amide bonds. The molecule has 6 nitrogen and oxygen atoms in total. The van der Waals surface area contributed by atoms with E-state index in [0.29, 0.717) is 12.6 Å². The maximum Gasteiger partial charge on any atom is 0.191 e. The second kappa shape index (κ2) is 11.8. The fraction of sp³-hybridized carbons (Fsp3) is 0.500. The summed E-state index contributed by atoms with van der Waals surface area (Å²) in [5.74, 6) is 1.74. The largest absolute Gasteiger partial charge is 0.494 e. The Bertz CT molecular complexity index is 744. The van der Waals surface area contributed by atoms with Crippen LogP contribution >= 0.6 is 11.3 Å². The summed E-state index contributed by atoms with van der Waals surface area (Å²) in [5, 5.41) is 6.90. The maximum absolute atomic E-state index is 5.74. The minimum absolute atomic E-state index is 0.331. The number of nitrogens with one attached hydrogen (secondary N) is 2. The van der Waals surface area contributed by atoms with Crippen LogP contribution in [0, 0.1) is 6.92 Å². The third-order valence-electron chi connectivity index (χ3n) is 4.89. The standard InChI is InChI=1S/C22H32N4O2S/c1-18-9-10-21(29-18)20(26-12-15-27-16-13-26)17-25-22(23-2)24-11-6-14-28-19-7-4-3-5-8-19/h3-5,7-10,20H,6,11-17H2,1-2H3,(H2,23,24,25). The zero-order valence-electron chi connectivity index (χ0n) is 17.4. The first-order valence-electron chi connectivity index (χ1n) is 10.3. The van der Waals surface area contributed by atoms with Crippen LogP contribution in [0.15, 0.2) is 47.5 Å². The van der Waals surface area contributed by atoms with Crippen molar-refractivity contribution < 1.29 is 9.47 Å². The van der Waals surface area contributed by atoms with Crippen molar-refractivity contribution in [2.45, 2.75) is 19.4 Å². The molecule has 1 fully saturated rings. The molecule has 1 aromatic carbocycles. The Balaban J connectivity index is 1.44. The summed E-state index contributed by atoms with van der Waals surface area (Å²) in [7, 11) is 1.81. The van der Waals surface area contributed by atoms with Gasteiger partial charge in [0.1, 0.15) is 5.75 Å². The topological polar surface area (TPSA) is 58.1 Å². The number of para-hydroxylation sites is 1. The first kappa shape index (κ1) is 21.6. The molecule has 0 radical (unpaired) electrons. The molecule has 2 N–H and O–H groups in total. The van der Waals surface area contributed by atoms with Crippen LogP contribution in [0.25, 0.3) is 0 Å². The van der Waals surface area contributed by atoms with Gasteiger partial charge in [0, 0.05) is 43.0 Å². The lowest BCUT2D eigenvalue weighted by Crippen LogP contribution is -2.46. The van der Waals surface area contributed by atoms with Crippen LogP contribution in [0.4, 0.5) is 0 Å². The molecular weight excluding hydrogens is 384 g/mol. The summed E-state index contributed by atoms with van der Waals surface area (Å²) < 4.78 is 11.3. The van der Waals surface area contributed by atoms with E-state index in [4.69, 9.17) is 9.47 Å². The van der Waals surface area contributed by atoms with Crippen molar-refractivity contribution >= 4 is 17.3 Å². The Hall–Kier alpha value is -2.09. The number of guanidine groups is 1. The maximum atomic E-state index is 5.74. The number of ether oxygens (including phenoxy) is 2. The monoisotopic (exact) mass is 416 g/mol. The zero-order chi connectivity index (χ0) is 20.3. The number of benzene rings is 1. The van der Waals surface area contributed by atoms with Crippen molar-refractivity contribution in [3.63, 3.8) is 0 Å². The fourth-order valence-electron chi connectivity index (χ4n) is 3.33. The number of morpholine rings is 1. The van der Waals surface area contributed by atoms with E-state index < -0.39 is 0 Å². The van der Waals surface area contributed by atoms with Crippen LogP contribution in [-0.4, -0.2) is 63.9 Å². The molecule has 2 aromatic rings. The summed E-state index contributed by atoms with van der Waals surface area (Å²) in [6.45, 7) is 8.00. The van der Waals surface area contributed by atoms with Crippen LogP contribution < -0.4 is 15.4 Å². The minimum Gasteiger partial charge on any atom is -0.494 e. The molecular formula is C22H32N4O2S. The van der Waals surface area contributed by atoms with E-state index in [9.17, 15) is 0 Å². The minimum atomic E-state index is 0.331. The first-order valence-corrected chi connectivity index (χ1v) is 11.1. The summed E-state index contributed by atoms with van der Waals surface area (Å²) in [6, 6.07) is 14.7. The molecule has 29 heavy (non-hydrogen) atoms. The van der Waals surface area contributed by atoms with Gasteiger partial charge in [0.05, 0.1) is 25.9 Å². The summed E-state index contributed by atoms with van der Waals surface area (Å²) in [5.41, 5.74) is 0. The van der Waals surface area contributed by atoms with Gasteiger partial charge in [0.2, 0.25) is 0 Å². The van der Waals surface area contributed by atoms with E-state index in [1.165, 1.54) is 9.75 Å². The van der Waals surface area contributed by atoms with Crippen LogP contribution in [-0.2, 0) is 4.74 Å². The second-order valence-electron chi connectivity index (χ2n) is 7.01. The molecule has 0 bridgehead atoms. The lowest BCUT2D eigenvalue weighted by molar-refractivity contribution is 0.0177. The fourth-order valence-corrected chi connectivity index (χ4v) is 4.34. The van der Waals surface area contributed by atoms with Crippen LogP contribution in [0.1, 0.15) is 22.2 Å². The third kappa shape index (κ3) is 7.03. The molecule has 7 heteroatoms. The van der Waals surface area contributed by atoms with Gasteiger partial charge in [-0.3, -0.25) is 9.89 Å². The van der Waals surface area contributed by atoms with E-state index in [2.05, 4.69) is 39.6 Å². The van der Waals surface area contributed by atoms with Crippen LogP contribution in [0.5, 0.6) is 5.75 Å². The molecule has 2 heterocycles. The molecule has 0 aliphatic carbocycles. The third-order valence-corrected chi connectivity index (χ3v) is 5.99. The molecule has 3 rings (SSSR count). The van der Waals surface area contributed by atoms with Gasteiger partial charge in [0.25, 0.3) is 0 Å². The van der Waals surface area contributed by atoms with Crippen molar-refractivity contribution in [3.8, 4) is 5.75 Å². The Labute approximate surface area is 177 Å². The Kier molecular flexibility index (Phi) is 8.80. The summed E-state index contributed by atoms with van der Waals surface area (Å²) in [6.07, 6.45) is 0.909. The average molecular weight is 417 g/mol. The van der Waals surface area contributed by atoms with Gasteiger partial charge in [-0.25, -0.2) is 0 Å². The van der Waals surface area contributed by atoms with Crippen molar-refractivity contribution in [2.24, 2.45) is 4.99 Å². The average Bonchev–Trinajstić information content (AvgIpc) is 3.19. The summed E-state index contributed by atoms with van der Waals surface area (Å²) in [4.78, 5) is 9.62. The molecule has 1 aliphatic rings. The highest BCUT2D eigenvalue weighted by Crippen LogP contribution is 2.27. The normalized spacial score (nSPS) is 16.4. The lowest BCUT2D eigenvalue weighted by atomic mass is 10.2. The number of aliphatic imine (C=N–C) groups is 1. The zero-order valence-corrected chi connectivity index (χ0v) is 18.2. The van der Waals surface area contributed by atoms with Crippen molar-refractivity contribution in [1.82, 2.24) is 15.5 Å². The van der Waals surface area contributed by atoms with Gasteiger partial charge in [-0.1, -0.05) is 18.2 Å². The van der Waals surface area contributed by atoms with E-state index in [1.54, 1.807) is 0 Å². The molecule has 1 saturated heterocycles. The van der Waals surface area contributed by atoms with Gasteiger partial charge in [0.15, 0.2) is 5.96 Å². The van der Waals surface area contributed by atoms with Gasteiger partial charge in [-0.05, 0) is 37.6 Å². The number of hydrogen-bond acceptors (Lipinski definition) is 5. The van der Waals surface area contributed by atoms with E-state index in [-0.39, 0.29) is 0 Å². The molecule has 1 aromatic heterocycles. The molecule has 1 atom stereocenters. The highest BCUT2D eigenvalue weighted by atomic mass is 32.1. The Morgan fingerprint density at radius 1 is 1.17 bits per heavy atom.